The van der Waals surface area contributed by atoms with Crippen LogP contribution in [0.2, 0.25) is 0 Å². The number of carbonyl (C=O) groups is 2. The lowest BCUT2D eigenvalue weighted by atomic mass is 10.2. The largest absolute Gasteiger partial charge is 0.482 e. The molecule has 0 heterocycles. The van der Waals surface area contributed by atoms with Crippen LogP contribution >= 0.6 is 15.9 Å². The molecule has 2 N–H and O–H groups in total. The molecular weight excluding hydrogens is 326 g/mol. The van der Waals surface area contributed by atoms with E-state index >= 15 is 0 Å². The van der Waals surface area contributed by atoms with Crippen molar-refractivity contribution in [1.82, 2.24) is 5.32 Å². The molecule has 104 valence electrons. The summed E-state index contributed by atoms with van der Waals surface area (Å²) >= 11 is 3.29. The van der Waals surface area contributed by atoms with Crippen LogP contribution in [0.4, 0.5) is 0 Å². The summed E-state index contributed by atoms with van der Waals surface area (Å²) in [5, 5.41) is 11.1. The zero-order chi connectivity index (χ0) is 15.0. The molecule has 1 aromatic carbocycles. The van der Waals surface area contributed by atoms with E-state index < -0.39 is 5.97 Å². The number of para-hydroxylation sites is 1. The number of halogens is 1. The Morgan fingerprint density at radius 1 is 1.50 bits per heavy atom. The average Bonchev–Trinajstić information content (AvgIpc) is 2.41. The molecule has 0 saturated heterocycles. The Kier molecular flexibility index (Phi) is 6.33. The van der Waals surface area contributed by atoms with Gasteiger partial charge < -0.3 is 15.2 Å². The third kappa shape index (κ3) is 5.16. The van der Waals surface area contributed by atoms with Gasteiger partial charge in [0.05, 0.1) is 11.0 Å². The van der Waals surface area contributed by atoms with Crippen molar-refractivity contribution in [2.24, 2.45) is 0 Å². The molecule has 20 heavy (non-hydrogen) atoms. The number of benzene rings is 1. The van der Waals surface area contributed by atoms with E-state index in [2.05, 4.69) is 27.2 Å². The zero-order valence-electron chi connectivity index (χ0n) is 10.4. The fraction of sp³-hybridized carbons (Fsp3) is 0.143. The van der Waals surface area contributed by atoms with Gasteiger partial charge in [-0.3, -0.25) is 4.79 Å². The molecule has 0 saturated carbocycles. The van der Waals surface area contributed by atoms with Crippen LogP contribution in [0.1, 0.15) is 5.56 Å². The first-order valence-electron chi connectivity index (χ1n) is 5.57. The minimum atomic E-state index is -1.07. The Morgan fingerprint density at radius 2 is 2.25 bits per heavy atom. The highest BCUT2D eigenvalue weighted by atomic mass is 79.9. The number of rotatable bonds is 6. The van der Waals surface area contributed by atoms with Crippen LogP contribution in [0, 0.1) is 12.3 Å². The van der Waals surface area contributed by atoms with Gasteiger partial charge in [0, 0.05) is 11.6 Å². The van der Waals surface area contributed by atoms with Gasteiger partial charge in [0.2, 0.25) is 0 Å². The van der Waals surface area contributed by atoms with Crippen LogP contribution in [-0.4, -0.2) is 30.1 Å². The van der Waals surface area contributed by atoms with Gasteiger partial charge in [-0.25, -0.2) is 4.79 Å². The molecule has 0 spiro atoms. The number of aliphatic carboxylic acids is 1. The fourth-order valence-corrected chi connectivity index (χ4v) is 1.80. The van der Waals surface area contributed by atoms with Crippen LogP contribution < -0.4 is 10.1 Å². The summed E-state index contributed by atoms with van der Waals surface area (Å²) in [6, 6.07) is 5.14. The van der Waals surface area contributed by atoms with Gasteiger partial charge in [0.15, 0.2) is 6.61 Å². The predicted molar refractivity (Wildman–Crippen MR) is 78.1 cm³/mol. The van der Waals surface area contributed by atoms with Crippen molar-refractivity contribution < 1.29 is 19.4 Å². The monoisotopic (exact) mass is 337 g/mol. The average molecular weight is 338 g/mol. The lowest BCUT2D eigenvalue weighted by Gasteiger charge is -2.10. The van der Waals surface area contributed by atoms with Gasteiger partial charge in [-0.2, -0.15) is 0 Å². The van der Waals surface area contributed by atoms with Gasteiger partial charge >= 0.3 is 5.97 Å². The maximum atomic E-state index is 11.4. The third-order valence-electron chi connectivity index (χ3n) is 2.14. The number of carboxylic acids is 1. The van der Waals surface area contributed by atoms with E-state index in [1.807, 2.05) is 0 Å². The maximum absolute atomic E-state index is 11.4. The van der Waals surface area contributed by atoms with Crippen molar-refractivity contribution in [1.29, 1.82) is 0 Å². The van der Waals surface area contributed by atoms with E-state index in [1.165, 1.54) is 6.08 Å². The summed E-state index contributed by atoms with van der Waals surface area (Å²) in [6.07, 6.45) is 7.41. The summed E-state index contributed by atoms with van der Waals surface area (Å²) in [5.74, 6) is 1.25. The standard InChI is InChI=1S/C14H12BrNO4/c1-2-8-16-12(17)9-20-14-10(6-7-13(18)19)4-3-5-11(14)15/h1,3-7H,8-9H2,(H,16,17)(H,18,19). The Bertz CT molecular complexity index is 575. The van der Waals surface area contributed by atoms with Gasteiger partial charge in [-0.05, 0) is 28.1 Å². The Labute approximate surface area is 124 Å². The first-order valence-corrected chi connectivity index (χ1v) is 6.36. The molecule has 1 rings (SSSR count). The second-order valence-electron chi connectivity index (χ2n) is 3.60. The van der Waals surface area contributed by atoms with Crippen molar-refractivity contribution in [3.8, 4) is 18.1 Å². The molecule has 0 bridgehead atoms. The van der Waals surface area contributed by atoms with E-state index in [0.717, 1.165) is 6.08 Å². The van der Waals surface area contributed by atoms with E-state index in [-0.39, 0.29) is 19.1 Å². The normalized spacial score (nSPS) is 10.0. The van der Waals surface area contributed by atoms with Crippen LogP contribution in [-0.2, 0) is 9.59 Å². The molecule has 0 radical (unpaired) electrons. The molecule has 5 nitrogen and oxygen atoms in total. The number of nitrogens with one attached hydrogen (secondary N) is 1. The Morgan fingerprint density at radius 3 is 2.90 bits per heavy atom. The molecule has 6 heteroatoms. The highest BCUT2D eigenvalue weighted by Gasteiger charge is 2.09. The number of hydrogen-bond acceptors (Lipinski definition) is 3. The highest BCUT2D eigenvalue weighted by Crippen LogP contribution is 2.30. The third-order valence-corrected chi connectivity index (χ3v) is 2.76. The van der Waals surface area contributed by atoms with E-state index in [4.69, 9.17) is 16.3 Å². The van der Waals surface area contributed by atoms with Crippen molar-refractivity contribution in [3.63, 3.8) is 0 Å². The topological polar surface area (TPSA) is 75.6 Å². The number of amides is 1. The van der Waals surface area contributed by atoms with E-state index in [9.17, 15) is 9.59 Å². The van der Waals surface area contributed by atoms with Crippen LogP contribution in [0.5, 0.6) is 5.75 Å². The van der Waals surface area contributed by atoms with Gasteiger partial charge in [-0.15, -0.1) is 6.42 Å². The quantitative estimate of drug-likeness (QED) is 0.611. The molecular formula is C14H12BrNO4. The summed E-state index contributed by atoms with van der Waals surface area (Å²) in [5.41, 5.74) is 0.548. The molecule has 0 unspecified atom stereocenters. The first-order chi connectivity index (χ1) is 9.54. The van der Waals surface area contributed by atoms with Crippen molar-refractivity contribution in [2.45, 2.75) is 0 Å². The minimum absolute atomic E-state index is 0.129. The van der Waals surface area contributed by atoms with Gasteiger partial charge in [0.25, 0.3) is 5.91 Å². The van der Waals surface area contributed by atoms with Crippen LogP contribution in [0.25, 0.3) is 6.08 Å². The van der Waals surface area contributed by atoms with Gasteiger partial charge in [-0.1, -0.05) is 18.1 Å². The molecule has 0 atom stereocenters. The van der Waals surface area contributed by atoms with Crippen molar-refractivity contribution in [2.75, 3.05) is 13.2 Å². The zero-order valence-corrected chi connectivity index (χ0v) is 12.0. The number of terminal acetylenes is 1. The lowest BCUT2D eigenvalue weighted by Crippen LogP contribution is -2.29. The van der Waals surface area contributed by atoms with E-state index in [0.29, 0.717) is 15.8 Å². The fourth-order valence-electron chi connectivity index (χ4n) is 1.31. The second kappa shape index (κ2) is 8.02. The van der Waals surface area contributed by atoms with E-state index in [1.54, 1.807) is 18.2 Å². The summed E-state index contributed by atoms with van der Waals surface area (Å²) < 4.78 is 6.01. The summed E-state index contributed by atoms with van der Waals surface area (Å²) in [4.78, 5) is 21.9. The Hall–Kier alpha value is -2.26. The van der Waals surface area contributed by atoms with Crippen LogP contribution in [0.15, 0.2) is 28.7 Å². The number of ether oxygens (including phenoxy) is 1. The Balaban J connectivity index is 2.80. The predicted octanol–water partition coefficient (Wildman–Crippen LogP) is 1.68. The highest BCUT2D eigenvalue weighted by molar-refractivity contribution is 9.10. The van der Waals surface area contributed by atoms with Gasteiger partial charge in [0.1, 0.15) is 5.75 Å². The van der Waals surface area contributed by atoms with Crippen molar-refractivity contribution >= 4 is 33.9 Å². The molecule has 0 aliphatic rings. The summed E-state index contributed by atoms with van der Waals surface area (Å²) in [7, 11) is 0. The smallest absolute Gasteiger partial charge is 0.328 e. The van der Waals surface area contributed by atoms with Crippen molar-refractivity contribution in [3.05, 3.63) is 34.3 Å². The molecule has 1 amide bonds. The molecule has 0 aliphatic carbocycles. The number of hydrogen-bond donors (Lipinski definition) is 2. The minimum Gasteiger partial charge on any atom is -0.482 e. The molecule has 0 fully saturated rings. The SMILES string of the molecule is C#CCNC(=O)COc1c(Br)cccc1C=CC(=O)O. The molecule has 0 aliphatic heterocycles. The second-order valence-corrected chi connectivity index (χ2v) is 4.45. The lowest BCUT2D eigenvalue weighted by molar-refractivity contribution is -0.131. The summed E-state index contributed by atoms with van der Waals surface area (Å²) in [6.45, 7) is -0.0812. The van der Waals surface area contributed by atoms with Crippen LogP contribution in [0.3, 0.4) is 0 Å². The number of carboxylic acid groups (broad SMARTS) is 1. The first kappa shape index (κ1) is 15.8. The molecule has 0 aromatic heterocycles. The maximum Gasteiger partial charge on any atom is 0.328 e. The molecule has 1 aromatic rings. The number of carbonyl (C=O) groups excluding carboxylic acids is 1.